The van der Waals surface area contributed by atoms with Crippen LogP contribution in [0.2, 0.25) is 15.1 Å². The van der Waals surface area contributed by atoms with E-state index in [0.717, 1.165) is 14.6 Å². The van der Waals surface area contributed by atoms with Gasteiger partial charge >= 0.3 is 0 Å². The molecule has 3 heterocycles. The molecule has 0 saturated heterocycles. The molecule has 0 nitrogen and oxygen atoms in total. The first-order chi connectivity index (χ1) is 14.6. The molecule has 4 aromatic rings. The van der Waals surface area contributed by atoms with E-state index in [-0.39, 0.29) is 0 Å². The summed E-state index contributed by atoms with van der Waals surface area (Å²) in [6.07, 6.45) is 0. The average Bonchev–Trinajstić information content (AvgIpc) is 3.51. The highest BCUT2D eigenvalue weighted by atomic mass is 35.5. The summed E-state index contributed by atoms with van der Waals surface area (Å²) in [7, 11) is 0. The third-order valence-corrected chi connectivity index (χ3v) is 7.30. The molecule has 0 fully saturated rings. The summed E-state index contributed by atoms with van der Waals surface area (Å²) in [6.45, 7) is 0. The Morgan fingerprint density at radius 1 is 0.467 bits per heavy atom. The van der Waals surface area contributed by atoms with E-state index in [9.17, 15) is 0 Å². The smallest absolute Gasteiger partial charge is 0.0772 e. The maximum absolute atomic E-state index is 6.66. The van der Waals surface area contributed by atoms with Crippen LogP contribution in [-0.4, -0.2) is 0 Å². The molecule has 0 spiro atoms. The van der Waals surface area contributed by atoms with Crippen LogP contribution in [0.3, 0.4) is 0 Å². The van der Waals surface area contributed by atoms with Crippen LogP contribution in [0.5, 0.6) is 0 Å². The van der Waals surface area contributed by atoms with E-state index in [1.165, 1.54) is 0 Å². The Labute approximate surface area is 202 Å². The fraction of sp³-hybridized carbons (Fsp3) is 0. The van der Waals surface area contributed by atoms with Crippen LogP contribution in [-0.2, 0) is 0 Å². The normalized spacial score (nSPS) is 9.70. The standard InChI is InChI=1S/C24H9Cl3S3/c25-22-19(10-7-16-4-1-13-28-16)23(26)21(12-9-18-6-3-15-30-18)24(27)20(22)11-8-17-5-2-14-29-17/h1-6,13-15H. The van der Waals surface area contributed by atoms with Crippen molar-refractivity contribution < 1.29 is 0 Å². The van der Waals surface area contributed by atoms with Crippen LogP contribution >= 0.6 is 68.8 Å². The Balaban J connectivity index is 1.90. The number of rotatable bonds is 0. The highest BCUT2D eigenvalue weighted by Gasteiger charge is 2.19. The van der Waals surface area contributed by atoms with Crippen LogP contribution in [0, 0.1) is 35.5 Å². The molecule has 30 heavy (non-hydrogen) atoms. The molecule has 0 aliphatic heterocycles. The molecule has 4 rings (SSSR count). The van der Waals surface area contributed by atoms with Gasteiger partial charge in [-0.25, -0.2) is 0 Å². The van der Waals surface area contributed by atoms with Crippen LogP contribution in [0.1, 0.15) is 31.3 Å². The Bertz CT molecular complexity index is 1170. The van der Waals surface area contributed by atoms with Crippen molar-refractivity contribution in [3.05, 3.63) is 98.9 Å². The van der Waals surface area contributed by atoms with Gasteiger partial charge in [0.05, 0.1) is 46.4 Å². The number of hydrogen-bond donors (Lipinski definition) is 0. The predicted molar refractivity (Wildman–Crippen MR) is 132 cm³/mol. The molecule has 0 bridgehead atoms. The van der Waals surface area contributed by atoms with E-state index in [1.807, 2.05) is 52.5 Å². The van der Waals surface area contributed by atoms with Crippen LogP contribution in [0.15, 0.2) is 52.5 Å². The van der Waals surface area contributed by atoms with Crippen LogP contribution in [0.25, 0.3) is 0 Å². The topological polar surface area (TPSA) is 0 Å². The maximum Gasteiger partial charge on any atom is 0.0772 e. The molecule has 1 aromatic carbocycles. The molecule has 6 heteroatoms. The number of hydrogen-bond acceptors (Lipinski definition) is 3. The third-order valence-electron chi connectivity index (χ3n) is 3.81. The molecule has 0 radical (unpaired) electrons. The Kier molecular flexibility index (Phi) is 6.89. The second-order valence-corrected chi connectivity index (χ2v) is 9.73. The number of halogens is 3. The molecule has 0 saturated carbocycles. The van der Waals surface area contributed by atoms with E-state index in [1.54, 1.807) is 34.0 Å². The molecular weight excluding hydrogens is 491 g/mol. The van der Waals surface area contributed by atoms with Gasteiger partial charge in [0.2, 0.25) is 0 Å². The Morgan fingerprint density at radius 2 is 0.767 bits per heavy atom. The van der Waals surface area contributed by atoms with E-state index >= 15 is 0 Å². The molecule has 0 unspecified atom stereocenters. The van der Waals surface area contributed by atoms with E-state index in [2.05, 4.69) is 35.5 Å². The first-order valence-electron chi connectivity index (χ1n) is 8.50. The van der Waals surface area contributed by atoms with Crippen molar-refractivity contribution in [2.75, 3.05) is 0 Å². The minimum atomic E-state index is 0.333. The molecule has 0 atom stereocenters. The summed E-state index contributed by atoms with van der Waals surface area (Å²) in [4.78, 5) is 2.73. The lowest BCUT2D eigenvalue weighted by molar-refractivity contribution is 1.55. The zero-order valence-corrected chi connectivity index (χ0v) is 19.8. The number of benzene rings is 1. The molecule has 144 valence electrons. The lowest BCUT2D eigenvalue weighted by Crippen LogP contribution is -1.94. The quantitative estimate of drug-likeness (QED) is 0.215. The zero-order valence-electron chi connectivity index (χ0n) is 15.1. The summed E-state index contributed by atoms with van der Waals surface area (Å²) < 4.78 is 0. The van der Waals surface area contributed by atoms with Gasteiger partial charge < -0.3 is 0 Å². The zero-order chi connectivity index (χ0) is 20.9. The average molecular weight is 500 g/mol. The lowest BCUT2D eigenvalue weighted by atomic mass is 10.0. The lowest BCUT2D eigenvalue weighted by Gasteiger charge is -2.09. The Morgan fingerprint density at radius 3 is 1.00 bits per heavy atom. The van der Waals surface area contributed by atoms with Crippen molar-refractivity contribution in [3.8, 4) is 35.5 Å². The first kappa shape index (κ1) is 21.1. The van der Waals surface area contributed by atoms with Crippen molar-refractivity contribution in [1.82, 2.24) is 0 Å². The van der Waals surface area contributed by atoms with E-state index in [4.69, 9.17) is 34.8 Å². The number of thiophene rings is 3. The van der Waals surface area contributed by atoms with Crippen LogP contribution < -0.4 is 0 Å². The van der Waals surface area contributed by atoms with E-state index < -0.39 is 0 Å². The summed E-state index contributed by atoms with van der Waals surface area (Å²) in [5.41, 5.74) is 1.42. The monoisotopic (exact) mass is 498 g/mol. The minimum Gasteiger partial charge on any atom is -0.135 e. The van der Waals surface area contributed by atoms with Gasteiger partial charge in [0, 0.05) is 0 Å². The molecule has 3 aromatic heterocycles. The van der Waals surface area contributed by atoms with Gasteiger partial charge in [-0.2, -0.15) is 0 Å². The van der Waals surface area contributed by atoms with Gasteiger partial charge in [0.1, 0.15) is 0 Å². The molecule has 0 aliphatic carbocycles. The maximum atomic E-state index is 6.66. The second-order valence-electron chi connectivity index (χ2n) is 5.75. The van der Waals surface area contributed by atoms with Crippen molar-refractivity contribution in [1.29, 1.82) is 0 Å². The van der Waals surface area contributed by atoms with Gasteiger partial charge in [0.25, 0.3) is 0 Å². The largest absolute Gasteiger partial charge is 0.135 e. The van der Waals surface area contributed by atoms with Crippen LogP contribution in [0.4, 0.5) is 0 Å². The summed E-state index contributed by atoms with van der Waals surface area (Å²) in [6, 6.07) is 11.6. The van der Waals surface area contributed by atoms with Gasteiger partial charge in [0.15, 0.2) is 0 Å². The fourth-order valence-corrected chi connectivity index (χ4v) is 5.12. The SMILES string of the molecule is Clc1c(C#Cc2cccs2)c(Cl)c(C#Cc2cccs2)c(Cl)c1C#Cc1cccs1. The third kappa shape index (κ3) is 4.78. The van der Waals surface area contributed by atoms with E-state index in [0.29, 0.717) is 31.8 Å². The highest BCUT2D eigenvalue weighted by molar-refractivity contribution is 7.11. The molecular formula is C24H9Cl3S3. The van der Waals surface area contributed by atoms with Crippen molar-refractivity contribution in [2.45, 2.75) is 0 Å². The fourth-order valence-electron chi connectivity index (χ4n) is 2.41. The molecule has 0 N–H and O–H groups in total. The van der Waals surface area contributed by atoms with Gasteiger partial charge in [-0.1, -0.05) is 88.5 Å². The van der Waals surface area contributed by atoms with Crippen molar-refractivity contribution in [3.63, 3.8) is 0 Å². The second kappa shape index (κ2) is 9.78. The van der Waals surface area contributed by atoms with Gasteiger partial charge in [-0.15, -0.1) is 34.0 Å². The summed E-state index contributed by atoms with van der Waals surface area (Å²) >= 11 is 24.6. The molecule has 0 aliphatic rings. The summed E-state index contributed by atoms with van der Waals surface area (Å²) in [5.74, 6) is 18.6. The minimum absolute atomic E-state index is 0.333. The summed E-state index contributed by atoms with van der Waals surface area (Å²) in [5, 5.41) is 6.89. The Hall–Kier alpha value is -2.13. The molecule has 0 amide bonds. The highest BCUT2D eigenvalue weighted by Crippen LogP contribution is 2.37. The van der Waals surface area contributed by atoms with Gasteiger partial charge in [-0.3, -0.25) is 0 Å². The first-order valence-corrected chi connectivity index (χ1v) is 12.3. The van der Waals surface area contributed by atoms with Crippen molar-refractivity contribution >= 4 is 68.8 Å². The predicted octanol–water partition coefficient (Wildman–Crippen LogP) is 8.03. The van der Waals surface area contributed by atoms with Gasteiger partial charge in [-0.05, 0) is 34.3 Å². The van der Waals surface area contributed by atoms with Crippen molar-refractivity contribution in [2.24, 2.45) is 0 Å².